The second kappa shape index (κ2) is 8.78. The van der Waals surface area contributed by atoms with E-state index >= 15 is 0 Å². The van der Waals surface area contributed by atoms with Gasteiger partial charge in [0.2, 0.25) is 0 Å². The first kappa shape index (κ1) is 19.1. The highest BCUT2D eigenvalue weighted by Gasteiger charge is 2.20. The standard InChI is InChI=1S/C19H22O5S/c1-15(23-19(20)17-9-5-3-6-10-17)13-14-16(2)24-25(21,22)18-11-7-4-8-12-18/h3-12,15-16H,13-14H2,1-2H3. The van der Waals surface area contributed by atoms with Gasteiger partial charge in [-0.2, -0.15) is 8.42 Å². The van der Waals surface area contributed by atoms with Gasteiger partial charge in [-0.1, -0.05) is 36.4 Å². The fourth-order valence-electron chi connectivity index (χ4n) is 2.26. The van der Waals surface area contributed by atoms with E-state index in [0.717, 1.165) is 0 Å². The smallest absolute Gasteiger partial charge is 0.338 e. The third kappa shape index (κ3) is 5.99. The largest absolute Gasteiger partial charge is 0.459 e. The molecule has 2 rings (SSSR count). The molecule has 0 aliphatic heterocycles. The van der Waals surface area contributed by atoms with Crippen molar-refractivity contribution in [1.82, 2.24) is 0 Å². The minimum absolute atomic E-state index is 0.130. The molecular weight excluding hydrogens is 340 g/mol. The molecule has 0 bridgehead atoms. The second-order valence-corrected chi connectivity index (χ2v) is 7.41. The van der Waals surface area contributed by atoms with Crippen LogP contribution in [0.5, 0.6) is 0 Å². The Morgan fingerprint density at radius 3 is 2.00 bits per heavy atom. The van der Waals surface area contributed by atoms with Crippen LogP contribution in [0.25, 0.3) is 0 Å². The molecule has 2 unspecified atom stereocenters. The van der Waals surface area contributed by atoms with Crippen molar-refractivity contribution in [1.29, 1.82) is 0 Å². The molecule has 2 aromatic carbocycles. The summed E-state index contributed by atoms with van der Waals surface area (Å²) in [6.45, 7) is 3.46. The van der Waals surface area contributed by atoms with E-state index in [1.807, 2.05) is 6.07 Å². The summed E-state index contributed by atoms with van der Waals surface area (Å²) < 4.78 is 34.8. The van der Waals surface area contributed by atoms with Crippen LogP contribution in [0.1, 0.15) is 37.0 Å². The van der Waals surface area contributed by atoms with Crippen molar-refractivity contribution in [2.75, 3.05) is 0 Å². The summed E-state index contributed by atoms with van der Waals surface area (Å²) in [6.07, 6.45) is 0.112. The molecule has 5 nitrogen and oxygen atoms in total. The lowest BCUT2D eigenvalue weighted by atomic mass is 10.1. The molecule has 0 aliphatic rings. The number of hydrogen-bond donors (Lipinski definition) is 0. The van der Waals surface area contributed by atoms with Gasteiger partial charge < -0.3 is 4.74 Å². The Kier molecular flexibility index (Phi) is 6.73. The van der Waals surface area contributed by atoms with Crippen LogP contribution in [0.15, 0.2) is 65.6 Å². The number of esters is 1. The Labute approximate surface area is 148 Å². The van der Waals surface area contributed by atoms with Crippen LogP contribution in [0.2, 0.25) is 0 Å². The summed E-state index contributed by atoms with van der Waals surface area (Å²) in [4.78, 5) is 12.1. The van der Waals surface area contributed by atoms with Gasteiger partial charge >= 0.3 is 5.97 Å². The lowest BCUT2D eigenvalue weighted by Crippen LogP contribution is -2.20. The maximum atomic E-state index is 12.1. The monoisotopic (exact) mass is 362 g/mol. The Balaban J connectivity index is 1.81. The zero-order valence-corrected chi connectivity index (χ0v) is 15.1. The van der Waals surface area contributed by atoms with Crippen LogP contribution in [0, 0.1) is 0 Å². The number of hydrogen-bond acceptors (Lipinski definition) is 5. The molecule has 2 atom stereocenters. The predicted octanol–water partition coefficient (Wildman–Crippen LogP) is 3.81. The molecule has 134 valence electrons. The summed E-state index contributed by atoms with van der Waals surface area (Å²) in [6, 6.07) is 16.8. The van der Waals surface area contributed by atoms with Crippen molar-refractivity contribution in [3.05, 3.63) is 66.2 Å². The van der Waals surface area contributed by atoms with Gasteiger partial charge in [-0.15, -0.1) is 0 Å². The molecule has 0 N–H and O–H groups in total. The highest BCUT2D eigenvalue weighted by molar-refractivity contribution is 7.86. The van der Waals surface area contributed by atoms with E-state index in [9.17, 15) is 13.2 Å². The fraction of sp³-hybridized carbons (Fsp3) is 0.316. The molecular formula is C19H22O5S. The number of carbonyl (C=O) groups is 1. The van der Waals surface area contributed by atoms with E-state index in [-0.39, 0.29) is 11.0 Å². The van der Waals surface area contributed by atoms with Gasteiger partial charge in [-0.05, 0) is 51.0 Å². The van der Waals surface area contributed by atoms with Gasteiger partial charge in [0.25, 0.3) is 10.1 Å². The highest BCUT2D eigenvalue weighted by atomic mass is 32.2. The summed E-state index contributed by atoms with van der Waals surface area (Å²) in [5, 5.41) is 0. The minimum atomic E-state index is -3.78. The first-order valence-corrected chi connectivity index (χ1v) is 9.53. The first-order valence-electron chi connectivity index (χ1n) is 8.13. The van der Waals surface area contributed by atoms with Gasteiger partial charge in [0.15, 0.2) is 0 Å². The zero-order valence-electron chi connectivity index (χ0n) is 14.3. The molecule has 0 aliphatic carbocycles. The molecule has 0 aromatic heterocycles. The van der Waals surface area contributed by atoms with Crippen LogP contribution < -0.4 is 0 Å². The maximum absolute atomic E-state index is 12.1. The van der Waals surface area contributed by atoms with E-state index < -0.39 is 22.2 Å². The Hall–Kier alpha value is -2.18. The molecule has 0 amide bonds. The molecule has 0 spiro atoms. The van der Waals surface area contributed by atoms with Crippen molar-refractivity contribution in [3.8, 4) is 0 Å². The molecule has 25 heavy (non-hydrogen) atoms. The number of carbonyl (C=O) groups excluding carboxylic acids is 1. The van der Waals surface area contributed by atoms with Gasteiger partial charge in [0, 0.05) is 0 Å². The average Bonchev–Trinajstić information content (AvgIpc) is 2.61. The summed E-state index contributed by atoms with van der Waals surface area (Å²) in [7, 11) is -3.78. The van der Waals surface area contributed by atoms with Crippen LogP contribution >= 0.6 is 0 Å². The van der Waals surface area contributed by atoms with E-state index in [4.69, 9.17) is 8.92 Å². The van der Waals surface area contributed by atoms with Crippen molar-refractivity contribution < 1.29 is 22.1 Å². The quantitative estimate of drug-likeness (QED) is 0.528. The SMILES string of the molecule is CC(CCC(C)OS(=O)(=O)c1ccccc1)OC(=O)c1ccccc1. The topological polar surface area (TPSA) is 69.7 Å². The predicted molar refractivity (Wildman–Crippen MR) is 94.7 cm³/mol. The summed E-state index contributed by atoms with van der Waals surface area (Å²) in [5.41, 5.74) is 0.491. The van der Waals surface area contributed by atoms with Gasteiger partial charge in [0.05, 0.1) is 22.7 Å². The van der Waals surface area contributed by atoms with Gasteiger partial charge in [-0.25, -0.2) is 4.79 Å². The lowest BCUT2D eigenvalue weighted by molar-refractivity contribution is 0.0298. The van der Waals surface area contributed by atoms with Crippen LogP contribution in [0.3, 0.4) is 0 Å². The molecule has 0 heterocycles. The van der Waals surface area contributed by atoms with E-state index in [1.54, 1.807) is 56.3 Å². The second-order valence-electron chi connectivity index (χ2n) is 5.83. The van der Waals surface area contributed by atoms with Gasteiger partial charge in [-0.3, -0.25) is 4.18 Å². The number of rotatable bonds is 8. The normalized spacial score (nSPS) is 13.8. The average molecular weight is 362 g/mol. The van der Waals surface area contributed by atoms with Crippen molar-refractivity contribution in [2.24, 2.45) is 0 Å². The first-order chi connectivity index (χ1) is 11.9. The van der Waals surface area contributed by atoms with Crippen molar-refractivity contribution in [3.63, 3.8) is 0 Å². The molecule has 0 saturated heterocycles. The summed E-state index contributed by atoms with van der Waals surface area (Å²) >= 11 is 0. The Bertz CT molecular complexity index is 772. The lowest BCUT2D eigenvalue weighted by Gasteiger charge is -2.17. The third-order valence-corrected chi connectivity index (χ3v) is 5.05. The van der Waals surface area contributed by atoms with Crippen molar-refractivity contribution >= 4 is 16.1 Å². The molecule has 6 heteroatoms. The van der Waals surface area contributed by atoms with E-state index in [0.29, 0.717) is 18.4 Å². The third-order valence-electron chi connectivity index (χ3n) is 3.62. The van der Waals surface area contributed by atoms with Crippen LogP contribution in [0.4, 0.5) is 0 Å². The minimum Gasteiger partial charge on any atom is -0.459 e. The maximum Gasteiger partial charge on any atom is 0.338 e. The molecule has 2 aromatic rings. The van der Waals surface area contributed by atoms with E-state index in [1.165, 1.54) is 12.1 Å². The fourth-order valence-corrected chi connectivity index (χ4v) is 3.39. The molecule has 0 radical (unpaired) electrons. The highest BCUT2D eigenvalue weighted by Crippen LogP contribution is 2.17. The van der Waals surface area contributed by atoms with Crippen LogP contribution in [-0.2, 0) is 19.0 Å². The summed E-state index contributed by atoms with van der Waals surface area (Å²) in [5.74, 6) is -0.390. The van der Waals surface area contributed by atoms with E-state index in [2.05, 4.69) is 0 Å². The Morgan fingerprint density at radius 1 is 0.880 bits per heavy atom. The van der Waals surface area contributed by atoms with Crippen molar-refractivity contribution in [2.45, 2.75) is 43.8 Å². The zero-order chi connectivity index (χ0) is 18.3. The molecule has 0 saturated carbocycles. The van der Waals surface area contributed by atoms with Crippen LogP contribution in [-0.4, -0.2) is 26.6 Å². The number of benzene rings is 2. The van der Waals surface area contributed by atoms with Gasteiger partial charge in [0.1, 0.15) is 0 Å². The Morgan fingerprint density at radius 2 is 1.40 bits per heavy atom. The number of ether oxygens (including phenoxy) is 1. The molecule has 0 fully saturated rings.